The van der Waals surface area contributed by atoms with Crippen molar-refractivity contribution in [1.82, 2.24) is 19.7 Å². The molecule has 1 aromatic carbocycles. The highest BCUT2D eigenvalue weighted by Gasteiger charge is 2.40. The molecule has 33 heavy (non-hydrogen) atoms. The summed E-state index contributed by atoms with van der Waals surface area (Å²) in [4.78, 5) is 19.7. The summed E-state index contributed by atoms with van der Waals surface area (Å²) in [6.07, 6.45) is 8.38. The van der Waals surface area contributed by atoms with Crippen LogP contribution in [-0.4, -0.2) is 43.8 Å². The van der Waals surface area contributed by atoms with Crippen LogP contribution in [0, 0.1) is 11.7 Å². The number of piperidine rings is 1. The first-order valence-electron chi connectivity index (χ1n) is 11.4. The van der Waals surface area contributed by atoms with Crippen molar-refractivity contribution in [2.45, 2.75) is 37.1 Å². The van der Waals surface area contributed by atoms with Crippen LogP contribution in [0.2, 0.25) is 0 Å². The molecule has 0 radical (unpaired) electrons. The predicted octanol–water partition coefficient (Wildman–Crippen LogP) is 4.57. The van der Waals surface area contributed by atoms with Gasteiger partial charge in [-0.2, -0.15) is 17.7 Å². The van der Waals surface area contributed by atoms with Crippen LogP contribution in [0.25, 0.3) is 6.08 Å². The quantitative estimate of drug-likeness (QED) is 0.523. The monoisotopic (exact) mass is 462 g/mol. The maximum Gasteiger partial charge on any atom is 0.157 e. The van der Waals surface area contributed by atoms with E-state index in [1.165, 1.54) is 6.07 Å². The fourth-order valence-corrected chi connectivity index (χ4v) is 4.73. The van der Waals surface area contributed by atoms with Crippen molar-refractivity contribution in [1.29, 1.82) is 0 Å². The molecular formula is C26H27FN4OS. The van der Waals surface area contributed by atoms with E-state index in [0.717, 1.165) is 36.2 Å². The number of ketones is 1. The first-order chi connectivity index (χ1) is 16.1. The summed E-state index contributed by atoms with van der Waals surface area (Å²) in [5, 5.41) is 4.75. The zero-order valence-corrected chi connectivity index (χ0v) is 19.2. The molecule has 3 aromatic rings. The number of nitrogens with zero attached hydrogens (tertiary/aromatic N) is 4. The van der Waals surface area contributed by atoms with Crippen LogP contribution in [0.15, 0.2) is 66.5 Å². The largest absolute Gasteiger partial charge is 0.297 e. The zero-order chi connectivity index (χ0) is 22.8. The van der Waals surface area contributed by atoms with Gasteiger partial charge in [-0.1, -0.05) is 24.3 Å². The van der Waals surface area contributed by atoms with Gasteiger partial charge in [-0.3, -0.25) is 19.4 Å². The van der Waals surface area contributed by atoms with Gasteiger partial charge < -0.3 is 0 Å². The molecule has 1 saturated heterocycles. The van der Waals surface area contributed by atoms with Gasteiger partial charge >= 0.3 is 0 Å². The summed E-state index contributed by atoms with van der Waals surface area (Å²) in [7, 11) is 0. The minimum absolute atomic E-state index is 0.0538. The van der Waals surface area contributed by atoms with Crippen molar-refractivity contribution in [3.8, 4) is 0 Å². The summed E-state index contributed by atoms with van der Waals surface area (Å²) < 4.78 is 16.6. The van der Waals surface area contributed by atoms with E-state index >= 15 is 0 Å². The SMILES string of the molecule is O=C(C1CC1)C(c1ccccc1F)N1CCC(S)/C(=C\c2ccn(Cc3ccccn3)n2)C1. The van der Waals surface area contributed by atoms with Gasteiger partial charge in [0.15, 0.2) is 5.78 Å². The number of thiol groups is 1. The van der Waals surface area contributed by atoms with Crippen LogP contribution in [0.1, 0.15) is 42.3 Å². The summed E-state index contributed by atoms with van der Waals surface area (Å²) >= 11 is 4.80. The molecule has 5 nitrogen and oxygen atoms in total. The van der Waals surface area contributed by atoms with Gasteiger partial charge in [0.1, 0.15) is 5.82 Å². The molecule has 2 atom stereocenters. The molecule has 3 heterocycles. The summed E-state index contributed by atoms with van der Waals surface area (Å²) in [5.74, 6) is -0.127. The molecule has 2 aromatic heterocycles. The summed E-state index contributed by atoms with van der Waals surface area (Å²) in [6, 6.07) is 13.9. The fraction of sp³-hybridized carbons (Fsp3) is 0.346. The van der Waals surface area contributed by atoms with E-state index in [1.54, 1.807) is 18.3 Å². The highest BCUT2D eigenvalue weighted by atomic mass is 32.1. The molecule has 170 valence electrons. The number of pyridine rings is 1. The smallest absolute Gasteiger partial charge is 0.157 e. The van der Waals surface area contributed by atoms with Gasteiger partial charge in [-0.25, -0.2) is 4.39 Å². The molecule has 0 amide bonds. The third kappa shape index (κ3) is 5.09. The van der Waals surface area contributed by atoms with Gasteiger partial charge in [0, 0.05) is 42.2 Å². The molecule has 0 bridgehead atoms. The van der Waals surface area contributed by atoms with Gasteiger partial charge in [0.2, 0.25) is 0 Å². The van der Waals surface area contributed by atoms with Crippen molar-refractivity contribution in [2.75, 3.05) is 13.1 Å². The van der Waals surface area contributed by atoms with Crippen molar-refractivity contribution in [3.63, 3.8) is 0 Å². The highest BCUT2D eigenvalue weighted by Crippen LogP contribution is 2.39. The van der Waals surface area contributed by atoms with Crippen LogP contribution in [0.3, 0.4) is 0 Å². The molecule has 2 fully saturated rings. The average Bonchev–Trinajstić information content (AvgIpc) is 3.59. The molecular weight excluding hydrogens is 435 g/mol. The third-order valence-corrected chi connectivity index (χ3v) is 6.95. The van der Waals surface area contributed by atoms with Crippen molar-refractivity contribution >= 4 is 24.5 Å². The Hall–Kier alpha value is -2.77. The summed E-state index contributed by atoms with van der Waals surface area (Å²) in [6.45, 7) is 1.88. The first-order valence-corrected chi connectivity index (χ1v) is 11.9. The van der Waals surface area contributed by atoms with Crippen molar-refractivity contribution in [3.05, 3.63) is 89.3 Å². The Labute approximate surface area is 198 Å². The van der Waals surface area contributed by atoms with E-state index in [0.29, 0.717) is 25.2 Å². The fourth-order valence-electron chi connectivity index (χ4n) is 4.46. The lowest BCUT2D eigenvalue weighted by atomic mass is 9.93. The Morgan fingerprint density at radius 3 is 2.73 bits per heavy atom. The topological polar surface area (TPSA) is 51.0 Å². The van der Waals surface area contributed by atoms with Crippen LogP contribution in [-0.2, 0) is 11.3 Å². The van der Waals surface area contributed by atoms with E-state index in [-0.39, 0.29) is 22.8 Å². The Balaban J connectivity index is 1.37. The number of rotatable bonds is 7. The van der Waals surface area contributed by atoms with Gasteiger partial charge in [0.05, 0.1) is 24.0 Å². The van der Waals surface area contributed by atoms with Crippen molar-refractivity contribution < 1.29 is 9.18 Å². The molecule has 0 spiro atoms. The van der Waals surface area contributed by atoms with Gasteiger partial charge in [0.25, 0.3) is 0 Å². The number of hydrogen-bond acceptors (Lipinski definition) is 5. The average molecular weight is 463 g/mol. The van der Waals surface area contributed by atoms with E-state index in [4.69, 9.17) is 12.6 Å². The van der Waals surface area contributed by atoms with E-state index in [1.807, 2.05) is 41.2 Å². The second-order valence-electron chi connectivity index (χ2n) is 8.85. The highest BCUT2D eigenvalue weighted by molar-refractivity contribution is 7.81. The molecule has 2 aliphatic rings. The van der Waals surface area contributed by atoms with Gasteiger partial charge in [-0.05, 0) is 55.2 Å². The molecule has 1 saturated carbocycles. The lowest BCUT2D eigenvalue weighted by Gasteiger charge is -2.37. The number of hydrogen-bond donors (Lipinski definition) is 1. The number of Topliss-reactive ketones (excluding diaryl/α,β-unsaturated/α-hetero) is 1. The standard InChI is InChI=1S/C26H27FN4OS/c27-23-7-2-1-6-22(23)25(26(32)18-8-9-18)30-13-11-24(33)19(16-30)15-20-10-14-31(29-20)17-21-5-3-4-12-28-21/h1-7,10,12,14-15,18,24-25,33H,8-9,11,13,16-17H2/b19-15-. The number of carbonyl (C=O) groups excluding carboxylic acids is 1. The normalized spacial score (nSPS) is 21.3. The molecule has 2 unspecified atom stereocenters. The van der Waals surface area contributed by atoms with Crippen LogP contribution in [0.4, 0.5) is 4.39 Å². The molecule has 5 rings (SSSR count). The number of likely N-dealkylation sites (tertiary alicyclic amines) is 1. The Bertz CT molecular complexity index is 1160. The summed E-state index contributed by atoms with van der Waals surface area (Å²) in [5.41, 5.74) is 3.36. The molecule has 0 N–H and O–H groups in total. The Morgan fingerprint density at radius 2 is 1.97 bits per heavy atom. The maximum atomic E-state index is 14.7. The van der Waals surface area contributed by atoms with Gasteiger partial charge in [-0.15, -0.1) is 0 Å². The number of benzene rings is 1. The van der Waals surface area contributed by atoms with E-state index in [2.05, 4.69) is 21.1 Å². The van der Waals surface area contributed by atoms with Crippen molar-refractivity contribution in [2.24, 2.45) is 5.92 Å². The Morgan fingerprint density at radius 1 is 1.15 bits per heavy atom. The van der Waals surface area contributed by atoms with Crippen LogP contribution >= 0.6 is 12.6 Å². The lowest BCUT2D eigenvalue weighted by Crippen LogP contribution is -2.42. The number of carbonyl (C=O) groups is 1. The second kappa shape index (κ2) is 9.61. The second-order valence-corrected chi connectivity index (χ2v) is 9.48. The van der Waals surface area contributed by atoms with E-state index in [9.17, 15) is 9.18 Å². The molecule has 1 aliphatic heterocycles. The number of aromatic nitrogens is 3. The lowest BCUT2D eigenvalue weighted by molar-refractivity contribution is -0.126. The maximum absolute atomic E-state index is 14.7. The zero-order valence-electron chi connectivity index (χ0n) is 18.3. The molecule has 1 aliphatic carbocycles. The predicted molar refractivity (Wildman–Crippen MR) is 129 cm³/mol. The minimum atomic E-state index is -0.551. The van der Waals surface area contributed by atoms with Crippen LogP contribution < -0.4 is 0 Å². The molecule has 7 heteroatoms. The Kier molecular flexibility index (Phi) is 6.42. The minimum Gasteiger partial charge on any atom is -0.297 e. The third-order valence-electron chi connectivity index (χ3n) is 6.36. The van der Waals surface area contributed by atoms with Crippen LogP contribution in [0.5, 0.6) is 0 Å². The first kappa shape index (κ1) is 22.0. The van der Waals surface area contributed by atoms with E-state index < -0.39 is 6.04 Å². The number of halogens is 1.